The number of carbonyl (C=O) groups excluding carboxylic acids is 1. The SMILES string of the molecule is NC(N)=NC(N)=Nc1ccc2c(c1)C1(OCCO1)C(=O)N2. The zero-order valence-electron chi connectivity index (χ0n) is 11.0. The summed E-state index contributed by atoms with van der Waals surface area (Å²) in [7, 11) is 0. The lowest BCUT2D eigenvalue weighted by atomic mass is 10.1. The predicted octanol–water partition coefficient (Wildman–Crippen LogP) is -0.942. The van der Waals surface area contributed by atoms with Crippen molar-refractivity contribution in [2.24, 2.45) is 27.2 Å². The van der Waals surface area contributed by atoms with E-state index in [-0.39, 0.29) is 17.8 Å². The fourth-order valence-corrected chi connectivity index (χ4v) is 2.30. The molecule has 2 aliphatic rings. The molecule has 2 heterocycles. The molecule has 0 atom stereocenters. The van der Waals surface area contributed by atoms with Gasteiger partial charge in [0.1, 0.15) is 0 Å². The first-order chi connectivity index (χ1) is 10.0. The van der Waals surface area contributed by atoms with Gasteiger partial charge in [-0.05, 0) is 18.2 Å². The number of carbonyl (C=O) groups is 1. The Kier molecular flexibility index (Phi) is 3.00. The maximum absolute atomic E-state index is 12.1. The molecule has 1 fully saturated rings. The first-order valence-corrected chi connectivity index (χ1v) is 6.19. The van der Waals surface area contributed by atoms with Gasteiger partial charge < -0.3 is 32.0 Å². The summed E-state index contributed by atoms with van der Waals surface area (Å²) < 4.78 is 11.0. The molecule has 0 aromatic heterocycles. The van der Waals surface area contributed by atoms with Gasteiger partial charge >= 0.3 is 0 Å². The highest BCUT2D eigenvalue weighted by Crippen LogP contribution is 2.43. The molecule has 0 bridgehead atoms. The molecule has 9 nitrogen and oxygen atoms in total. The molecular formula is C12H14N6O3. The van der Waals surface area contributed by atoms with Crippen molar-refractivity contribution in [3.05, 3.63) is 23.8 Å². The quantitative estimate of drug-likeness (QED) is 0.387. The first-order valence-electron chi connectivity index (χ1n) is 6.19. The van der Waals surface area contributed by atoms with E-state index in [0.717, 1.165) is 0 Å². The van der Waals surface area contributed by atoms with Crippen molar-refractivity contribution in [1.29, 1.82) is 0 Å². The van der Waals surface area contributed by atoms with Gasteiger partial charge in [0.2, 0.25) is 5.96 Å². The summed E-state index contributed by atoms with van der Waals surface area (Å²) in [6.45, 7) is 0.687. The summed E-state index contributed by atoms with van der Waals surface area (Å²) in [5.41, 5.74) is 17.7. The molecule has 2 aliphatic heterocycles. The van der Waals surface area contributed by atoms with Crippen LogP contribution in [-0.4, -0.2) is 31.0 Å². The number of benzene rings is 1. The van der Waals surface area contributed by atoms with Crippen molar-refractivity contribution >= 4 is 29.2 Å². The third-order valence-corrected chi connectivity index (χ3v) is 3.09. The second-order valence-electron chi connectivity index (χ2n) is 4.50. The van der Waals surface area contributed by atoms with Crippen LogP contribution in [0.1, 0.15) is 5.56 Å². The molecule has 7 N–H and O–H groups in total. The summed E-state index contributed by atoms with van der Waals surface area (Å²) in [6, 6.07) is 5.00. The molecule has 9 heteroatoms. The van der Waals surface area contributed by atoms with Gasteiger partial charge in [0.25, 0.3) is 11.7 Å². The lowest BCUT2D eigenvalue weighted by Gasteiger charge is -2.19. The van der Waals surface area contributed by atoms with E-state index in [4.69, 9.17) is 26.7 Å². The van der Waals surface area contributed by atoms with Gasteiger partial charge in [-0.3, -0.25) is 4.79 Å². The van der Waals surface area contributed by atoms with E-state index >= 15 is 0 Å². The number of hydrogen-bond donors (Lipinski definition) is 4. The fourth-order valence-electron chi connectivity index (χ4n) is 2.30. The van der Waals surface area contributed by atoms with Crippen LogP contribution in [0.3, 0.4) is 0 Å². The van der Waals surface area contributed by atoms with E-state index in [2.05, 4.69) is 15.3 Å². The van der Waals surface area contributed by atoms with Crippen molar-refractivity contribution in [2.45, 2.75) is 5.79 Å². The summed E-state index contributed by atoms with van der Waals surface area (Å²) in [6.07, 6.45) is 0. The minimum absolute atomic E-state index is 0.0884. The van der Waals surface area contributed by atoms with Crippen molar-refractivity contribution in [3.63, 3.8) is 0 Å². The average Bonchev–Trinajstić information content (AvgIpc) is 2.98. The van der Waals surface area contributed by atoms with Gasteiger partial charge in [0.05, 0.1) is 24.6 Å². The van der Waals surface area contributed by atoms with Crippen LogP contribution < -0.4 is 22.5 Å². The Morgan fingerprint density at radius 1 is 1.24 bits per heavy atom. The van der Waals surface area contributed by atoms with Crippen molar-refractivity contribution in [1.82, 2.24) is 0 Å². The molecule has 0 aliphatic carbocycles. The van der Waals surface area contributed by atoms with Gasteiger partial charge in [-0.25, -0.2) is 4.99 Å². The number of nitrogens with two attached hydrogens (primary N) is 3. The van der Waals surface area contributed by atoms with E-state index in [1.54, 1.807) is 18.2 Å². The Bertz CT molecular complexity index is 659. The van der Waals surface area contributed by atoms with E-state index in [1.165, 1.54) is 0 Å². The number of fused-ring (bicyclic) bond motifs is 2. The summed E-state index contributed by atoms with van der Waals surface area (Å²) in [4.78, 5) is 19.7. The fraction of sp³-hybridized carbons (Fsp3) is 0.250. The lowest BCUT2D eigenvalue weighted by Crippen LogP contribution is -2.35. The Hall–Kier alpha value is -2.65. The Balaban J connectivity index is 2.01. The zero-order valence-corrected chi connectivity index (χ0v) is 11.0. The zero-order chi connectivity index (χ0) is 15.0. The predicted molar refractivity (Wildman–Crippen MR) is 75.7 cm³/mol. The third-order valence-electron chi connectivity index (χ3n) is 3.09. The normalized spacial score (nSPS) is 19.4. The third kappa shape index (κ3) is 2.18. The number of rotatable bonds is 1. The number of hydrogen-bond acceptors (Lipinski definition) is 4. The molecular weight excluding hydrogens is 276 g/mol. The van der Waals surface area contributed by atoms with Crippen LogP contribution in [-0.2, 0) is 20.1 Å². The van der Waals surface area contributed by atoms with Crippen LogP contribution in [0.4, 0.5) is 11.4 Å². The van der Waals surface area contributed by atoms with Crippen LogP contribution >= 0.6 is 0 Å². The minimum atomic E-state index is -1.40. The maximum Gasteiger partial charge on any atom is 0.289 e. The molecule has 1 aromatic rings. The highest BCUT2D eigenvalue weighted by molar-refractivity contribution is 6.04. The average molecular weight is 290 g/mol. The summed E-state index contributed by atoms with van der Waals surface area (Å²) >= 11 is 0. The standard InChI is InChI=1S/C12H14N6O3/c13-10(14)18-11(15)16-6-1-2-8-7(5-6)12(9(19)17-8)20-3-4-21-12/h1-2,5H,3-4H2,(H,17,19)(H6,13,14,15,16,18). The van der Waals surface area contributed by atoms with Crippen LogP contribution in [0.2, 0.25) is 0 Å². The summed E-state index contributed by atoms with van der Waals surface area (Å²) in [5, 5.41) is 2.71. The molecule has 0 radical (unpaired) electrons. The first kappa shape index (κ1) is 13.3. The number of amides is 1. The Morgan fingerprint density at radius 2 is 1.95 bits per heavy atom. The molecule has 3 rings (SSSR count). The van der Waals surface area contributed by atoms with Gasteiger partial charge in [0, 0.05) is 5.56 Å². The van der Waals surface area contributed by atoms with Gasteiger partial charge in [-0.1, -0.05) is 0 Å². The van der Waals surface area contributed by atoms with E-state index in [0.29, 0.717) is 30.2 Å². The molecule has 1 aromatic carbocycles. The highest BCUT2D eigenvalue weighted by atomic mass is 16.7. The number of nitrogens with one attached hydrogen (secondary N) is 1. The molecule has 1 spiro atoms. The van der Waals surface area contributed by atoms with Crippen LogP contribution in [0.25, 0.3) is 0 Å². The van der Waals surface area contributed by atoms with Gasteiger partial charge in [-0.15, -0.1) is 0 Å². The maximum atomic E-state index is 12.1. The monoisotopic (exact) mass is 290 g/mol. The molecule has 21 heavy (non-hydrogen) atoms. The molecule has 1 amide bonds. The van der Waals surface area contributed by atoms with E-state index < -0.39 is 5.79 Å². The minimum Gasteiger partial charge on any atom is -0.370 e. The van der Waals surface area contributed by atoms with Gasteiger partial charge in [0.15, 0.2) is 5.96 Å². The van der Waals surface area contributed by atoms with E-state index in [9.17, 15) is 4.79 Å². The molecule has 0 saturated carbocycles. The number of anilines is 1. The topological polar surface area (TPSA) is 150 Å². The smallest absolute Gasteiger partial charge is 0.289 e. The largest absolute Gasteiger partial charge is 0.370 e. The van der Waals surface area contributed by atoms with Gasteiger partial charge in [-0.2, -0.15) is 4.99 Å². The molecule has 0 unspecified atom stereocenters. The van der Waals surface area contributed by atoms with Crippen LogP contribution in [0, 0.1) is 0 Å². The van der Waals surface area contributed by atoms with Crippen molar-refractivity contribution < 1.29 is 14.3 Å². The Morgan fingerprint density at radius 3 is 2.62 bits per heavy atom. The van der Waals surface area contributed by atoms with Crippen molar-refractivity contribution in [3.8, 4) is 0 Å². The number of nitrogens with zero attached hydrogens (tertiary/aromatic N) is 2. The number of aliphatic imine (C=N–C) groups is 2. The molecule has 1 saturated heterocycles. The number of ether oxygens (including phenoxy) is 2. The summed E-state index contributed by atoms with van der Waals surface area (Å²) in [5.74, 6) is -2.03. The molecule has 110 valence electrons. The van der Waals surface area contributed by atoms with E-state index in [1.807, 2.05) is 0 Å². The van der Waals surface area contributed by atoms with Crippen LogP contribution in [0.15, 0.2) is 28.2 Å². The number of guanidine groups is 2. The Labute approximate surface area is 119 Å². The second kappa shape index (κ2) is 4.72. The highest BCUT2D eigenvalue weighted by Gasteiger charge is 2.52. The van der Waals surface area contributed by atoms with Crippen LogP contribution in [0.5, 0.6) is 0 Å². The second-order valence-corrected chi connectivity index (χ2v) is 4.50. The lowest BCUT2D eigenvalue weighted by molar-refractivity contribution is -0.178. The van der Waals surface area contributed by atoms with Crippen molar-refractivity contribution in [2.75, 3.05) is 18.5 Å².